The molecule has 0 spiro atoms. The molecule has 0 saturated carbocycles. The van der Waals surface area contributed by atoms with Crippen LogP contribution in [0.15, 0.2) is 103 Å². The lowest BCUT2D eigenvalue weighted by atomic mass is 9.98. The van der Waals surface area contributed by atoms with E-state index in [0.717, 1.165) is 33.4 Å². The molecule has 47 heavy (non-hydrogen) atoms. The minimum absolute atomic E-state index is 0.00747. The quantitative estimate of drug-likeness (QED) is 0.170. The second-order valence-corrected chi connectivity index (χ2v) is 12.8. The lowest BCUT2D eigenvalue weighted by Gasteiger charge is -2.24. The first-order valence-electron chi connectivity index (χ1n) is 15.9. The van der Waals surface area contributed by atoms with Crippen molar-refractivity contribution >= 4 is 18.0 Å². The fourth-order valence-electron chi connectivity index (χ4n) is 5.84. The van der Waals surface area contributed by atoms with E-state index in [2.05, 4.69) is 34.9 Å². The van der Waals surface area contributed by atoms with Gasteiger partial charge < -0.3 is 24.8 Å². The molecular formula is C39H42N2O6. The Morgan fingerprint density at radius 1 is 0.702 bits per heavy atom. The minimum atomic E-state index is -0.962. The zero-order valence-electron chi connectivity index (χ0n) is 27.3. The number of ether oxygens (including phenoxy) is 3. The fraction of sp³-hybridized carbons (Fsp3) is 0.308. The summed E-state index contributed by atoms with van der Waals surface area (Å²) in [6, 6.07) is 31.8. The molecule has 0 radical (unpaired) electrons. The van der Waals surface area contributed by atoms with Crippen molar-refractivity contribution in [3.8, 4) is 16.9 Å². The van der Waals surface area contributed by atoms with Crippen LogP contribution in [0.1, 0.15) is 55.9 Å². The van der Waals surface area contributed by atoms with Gasteiger partial charge in [0.2, 0.25) is 5.91 Å². The molecule has 5 rings (SSSR count). The maximum absolute atomic E-state index is 13.8. The zero-order chi connectivity index (χ0) is 33.4. The molecule has 2 atom stereocenters. The Bertz CT molecular complexity index is 1630. The van der Waals surface area contributed by atoms with Crippen molar-refractivity contribution in [2.75, 3.05) is 13.2 Å². The van der Waals surface area contributed by atoms with Gasteiger partial charge in [-0.25, -0.2) is 4.79 Å². The van der Waals surface area contributed by atoms with Crippen LogP contribution in [0.5, 0.6) is 5.75 Å². The van der Waals surface area contributed by atoms with Crippen molar-refractivity contribution in [3.63, 3.8) is 0 Å². The van der Waals surface area contributed by atoms with E-state index in [1.807, 2.05) is 99.6 Å². The highest BCUT2D eigenvalue weighted by Crippen LogP contribution is 2.44. The second-order valence-electron chi connectivity index (χ2n) is 12.8. The number of esters is 1. The Morgan fingerprint density at radius 2 is 1.28 bits per heavy atom. The third-order valence-electron chi connectivity index (χ3n) is 7.90. The predicted octanol–water partition coefficient (Wildman–Crippen LogP) is 6.60. The first-order valence-corrected chi connectivity index (χ1v) is 15.9. The van der Waals surface area contributed by atoms with E-state index in [1.165, 1.54) is 6.92 Å². The van der Waals surface area contributed by atoms with Crippen molar-refractivity contribution in [1.82, 2.24) is 10.6 Å². The molecule has 2 amide bonds. The smallest absolute Gasteiger partial charge is 0.407 e. The summed E-state index contributed by atoms with van der Waals surface area (Å²) in [5, 5.41) is 5.81. The molecule has 8 nitrogen and oxygen atoms in total. The number of fused-ring (bicyclic) bond motifs is 3. The van der Waals surface area contributed by atoms with Gasteiger partial charge in [0, 0.05) is 19.3 Å². The van der Waals surface area contributed by atoms with Crippen LogP contribution in [-0.4, -0.2) is 48.9 Å². The van der Waals surface area contributed by atoms with Crippen molar-refractivity contribution in [1.29, 1.82) is 0 Å². The minimum Gasteiger partial charge on any atom is -0.488 e. The van der Waals surface area contributed by atoms with Gasteiger partial charge in [0.1, 0.15) is 30.6 Å². The Hall–Kier alpha value is -5.11. The van der Waals surface area contributed by atoms with Crippen LogP contribution >= 0.6 is 0 Å². The highest BCUT2D eigenvalue weighted by atomic mass is 16.5. The van der Waals surface area contributed by atoms with Gasteiger partial charge in [0.05, 0.1) is 6.04 Å². The molecule has 1 aliphatic rings. The van der Waals surface area contributed by atoms with Crippen LogP contribution < -0.4 is 15.4 Å². The van der Waals surface area contributed by atoms with Crippen LogP contribution in [-0.2, 0) is 31.9 Å². The fourth-order valence-corrected chi connectivity index (χ4v) is 5.84. The number of alkyl carbamates (subject to hydrolysis) is 1. The third kappa shape index (κ3) is 9.22. The van der Waals surface area contributed by atoms with E-state index < -0.39 is 30.1 Å². The predicted molar refractivity (Wildman–Crippen MR) is 181 cm³/mol. The number of carbonyl (C=O) groups excluding carboxylic acids is 3. The van der Waals surface area contributed by atoms with Gasteiger partial charge in [-0.05, 0) is 72.7 Å². The van der Waals surface area contributed by atoms with E-state index in [-0.39, 0.29) is 31.2 Å². The van der Waals surface area contributed by atoms with E-state index in [0.29, 0.717) is 12.2 Å². The van der Waals surface area contributed by atoms with Crippen molar-refractivity contribution in [2.24, 2.45) is 0 Å². The lowest BCUT2D eigenvalue weighted by molar-refractivity contribution is -0.142. The molecule has 0 unspecified atom stereocenters. The Balaban J connectivity index is 1.31. The Kier molecular flexibility index (Phi) is 10.6. The van der Waals surface area contributed by atoms with Crippen LogP contribution in [0.25, 0.3) is 11.1 Å². The van der Waals surface area contributed by atoms with Gasteiger partial charge in [-0.2, -0.15) is 0 Å². The van der Waals surface area contributed by atoms with E-state index >= 15 is 0 Å². The maximum Gasteiger partial charge on any atom is 0.407 e. The third-order valence-corrected chi connectivity index (χ3v) is 7.90. The summed E-state index contributed by atoms with van der Waals surface area (Å²) in [6.45, 7) is 7.36. The van der Waals surface area contributed by atoms with Crippen LogP contribution in [0.2, 0.25) is 0 Å². The second kappa shape index (κ2) is 15.0. The average Bonchev–Trinajstić information content (AvgIpc) is 3.36. The summed E-state index contributed by atoms with van der Waals surface area (Å²) < 4.78 is 17.0. The molecule has 0 fully saturated rings. The molecule has 0 saturated heterocycles. The van der Waals surface area contributed by atoms with Crippen LogP contribution in [0.4, 0.5) is 4.79 Å². The first kappa shape index (κ1) is 33.3. The summed E-state index contributed by atoms with van der Waals surface area (Å²) in [6.07, 6.45) is -0.0485. The molecule has 0 heterocycles. The van der Waals surface area contributed by atoms with Gasteiger partial charge in [0.15, 0.2) is 0 Å². The molecule has 8 heteroatoms. The van der Waals surface area contributed by atoms with Gasteiger partial charge in [-0.15, -0.1) is 0 Å². The molecule has 4 aromatic carbocycles. The van der Waals surface area contributed by atoms with Gasteiger partial charge in [-0.3, -0.25) is 9.59 Å². The maximum atomic E-state index is 13.8. The SMILES string of the molecule is CC(=O)OC[C@H](Cc1ccccc1)NC(=O)[C@H](Cc1ccc(OC(C)(C)C)cc1)NC(=O)OCC1c2ccccc2-c2ccccc21. The van der Waals surface area contributed by atoms with E-state index in [4.69, 9.17) is 14.2 Å². The molecule has 2 N–H and O–H groups in total. The number of amides is 2. The number of carbonyl (C=O) groups is 3. The zero-order valence-corrected chi connectivity index (χ0v) is 27.3. The largest absolute Gasteiger partial charge is 0.488 e. The highest BCUT2D eigenvalue weighted by Gasteiger charge is 2.30. The lowest BCUT2D eigenvalue weighted by Crippen LogP contribution is -2.52. The summed E-state index contributed by atoms with van der Waals surface area (Å²) in [5.74, 6) is -0.268. The topological polar surface area (TPSA) is 103 Å². The molecule has 1 aliphatic carbocycles. The monoisotopic (exact) mass is 634 g/mol. The number of hydrogen-bond donors (Lipinski definition) is 2. The number of nitrogens with one attached hydrogen (secondary N) is 2. The standard InChI is InChI=1S/C39H42N2O6/c1-26(42)45-24-29(22-27-12-6-5-7-13-27)40-37(43)36(23-28-18-20-30(21-19-28)47-39(2,3)4)41-38(44)46-25-35-33-16-10-8-14-31(33)32-15-9-11-17-34(32)35/h5-21,29,35-36H,22-25H2,1-4H3,(H,40,43)(H,41,44)/t29-,36-/m0/s1. The molecule has 244 valence electrons. The molecule has 4 aromatic rings. The molecule has 0 bridgehead atoms. The Labute approximate surface area is 276 Å². The first-order chi connectivity index (χ1) is 22.6. The summed E-state index contributed by atoms with van der Waals surface area (Å²) in [5.41, 5.74) is 5.90. The number of hydrogen-bond acceptors (Lipinski definition) is 6. The molecule has 0 aromatic heterocycles. The summed E-state index contributed by atoms with van der Waals surface area (Å²) in [7, 11) is 0. The van der Waals surface area contributed by atoms with Gasteiger partial charge in [0.25, 0.3) is 0 Å². The highest BCUT2D eigenvalue weighted by molar-refractivity contribution is 5.86. The normalized spacial score (nSPS) is 13.4. The number of benzene rings is 4. The van der Waals surface area contributed by atoms with Gasteiger partial charge in [-0.1, -0.05) is 91.0 Å². The van der Waals surface area contributed by atoms with Crippen LogP contribution in [0, 0.1) is 0 Å². The van der Waals surface area contributed by atoms with Crippen molar-refractivity contribution < 1.29 is 28.6 Å². The van der Waals surface area contributed by atoms with E-state index in [9.17, 15) is 14.4 Å². The van der Waals surface area contributed by atoms with Gasteiger partial charge >= 0.3 is 12.1 Å². The van der Waals surface area contributed by atoms with E-state index in [1.54, 1.807) is 0 Å². The summed E-state index contributed by atoms with van der Waals surface area (Å²) >= 11 is 0. The molecular weight excluding hydrogens is 592 g/mol. The average molecular weight is 635 g/mol. The van der Waals surface area contributed by atoms with Crippen LogP contribution in [0.3, 0.4) is 0 Å². The van der Waals surface area contributed by atoms with Crippen molar-refractivity contribution in [3.05, 3.63) is 125 Å². The molecule has 0 aliphatic heterocycles. The van der Waals surface area contributed by atoms with Crippen molar-refractivity contribution in [2.45, 2.75) is 64.1 Å². The number of rotatable bonds is 12. The summed E-state index contributed by atoms with van der Waals surface area (Å²) in [4.78, 5) is 38.8. The Morgan fingerprint density at radius 3 is 1.87 bits per heavy atom.